The fraction of sp³-hybridized carbons (Fsp3) is 0.500. The van der Waals surface area contributed by atoms with Crippen LogP contribution in [0, 0.1) is 11.7 Å². The first-order chi connectivity index (χ1) is 7.59. The second-order valence-electron chi connectivity index (χ2n) is 4.37. The standard InChI is InChI=1S/C12H15ClFNO.ClH/c13-8-4-5-10(14)9(6-8)11(15)12(16)7-2-1-3-7;/h4-7,11-12,16H,1-3,15H2;1H/t11-,12+;/m1./s1. The number of aliphatic hydroxyl groups excluding tert-OH is 1. The van der Waals surface area contributed by atoms with Gasteiger partial charge in [0.25, 0.3) is 0 Å². The summed E-state index contributed by atoms with van der Waals surface area (Å²) < 4.78 is 13.5. The number of hydrogen-bond acceptors (Lipinski definition) is 2. The van der Waals surface area contributed by atoms with Gasteiger partial charge in [0.15, 0.2) is 0 Å². The van der Waals surface area contributed by atoms with Crippen LogP contribution in [-0.4, -0.2) is 11.2 Å². The first-order valence-electron chi connectivity index (χ1n) is 5.48. The van der Waals surface area contributed by atoms with E-state index in [1.165, 1.54) is 18.2 Å². The quantitative estimate of drug-likeness (QED) is 0.893. The van der Waals surface area contributed by atoms with Gasteiger partial charge in [0.05, 0.1) is 12.1 Å². The van der Waals surface area contributed by atoms with Crippen LogP contribution < -0.4 is 5.73 Å². The Labute approximate surface area is 111 Å². The molecular weight excluding hydrogens is 264 g/mol. The molecule has 0 aliphatic heterocycles. The Morgan fingerprint density at radius 3 is 2.59 bits per heavy atom. The van der Waals surface area contributed by atoms with Crippen molar-refractivity contribution in [3.8, 4) is 0 Å². The molecule has 96 valence electrons. The van der Waals surface area contributed by atoms with Crippen LogP contribution >= 0.6 is 24.0 Å². The SMILES string of the molecule is Cl.N[C@H](c1cc(Cl)ccc1F)[C@@H](O)C1CCC1. The maximum atomic E-state index is 13.5. The second-order valence-corrected chi connectivity index (χ2v) is 4.81. The van der Waals surface area contributed by atoms with Crippen molar-refractivity contribution in [2.75, 3.05) is 0 Å². The van der Waals surface area contributed by atoms with Gasteiger partial charge >= 0.3 is 0 Å². The van der Waals surface area contributed by atoms with Gasteiger partial charge < -0.3 is 10.8 Å². The van der Waals surface area contributed by atoms with Gasteiger partial charge in [0.1, 0.15) is 5.82 Å². The molecule has 0 saturated heterocycles. The Balaban J connectivity index is 0.00000144. The van der Waals surface area contributed by atoms with Gasteiger partial charge in [-0.15, -0.1) is 12.4 Å². The smallest absolute Gasteiger partial charge is 0.128 e. The van der Waals surface area contributed by atoms with E-state index >= 15 is 0 Å². The lowest BCUT2D eigenvalue weighted by molar-refractivity contribution is 0.0405. The van der Waals surface area contributed by atoms with Crippen LogP contribution in [0.5, 0.6) is 0 Å². The molecule has 2 rings (SSSR count). The molecule has 0 unspecified atom stereocenters. The molecule has 0 amide bonds. The number of hydrogen-bond donors (Lipinski definition) is 2. The van der Waals surface area contributed by atoms with Crippen molar-refractivity contribution >= 4 is 24.0 Å². The zero-order valence-electron chi connectivity index (χ0n) is 9.27. The number of benzene rings is 1. The Hall–Kier alpha value is -0.350. The Morgan fingerprint density at radius 1 is 1.41 bits per heavy atom. The summed E-state index contributed by atoms with van der Waals surface area (Å²) in [5, 5.41) is 10.4. The van der Waals surface area contributed by atoms with Crippen molar-refractivity contribution < 1.29 is 9.50 Å². The van der Waals surface area contributed by atoms with E-state index in [2.05, 4.69) is 0 Å². The van der Waals surface area contributed by atoms with Gasteiger partial charge in [0.2, 0.25) is 0 Å². The van der Waals surface area contributed by atoms with Crippen molar-refractivity contribution in [2.45, 2.75) is 31.4 Å². The van der Waals surface area contributed by atoms with Crippen LogP contribution in [0.15, 0.2) is 18.2 Å². The summed E-state index contributed by atoms with van der Waals surface area (Å²) in [6.07, 6.45) is 2.38. The largest absolute Gasteiger partial charge is 0.391 e. The minimum Gasteiger partial charge on any atom is -0.391 e. The minimum absolute atomic E-state index is 0. The van der Waals surface area contributed by atoms with E-state index in [0.717, 1.165) is 19.3 Å². The van der Waals surface area contributed by atoms with Crippen molar-refractivity contribution in [3.63, 3.8) is 0 Å². The molecule has 0 heterocycles. The predicted octanol–water partition coefficient (Wildman–Crippen LogP) is 3.06. The van der Waals surface area contributed by atoms with Crippen LogP contribution in [0.1, 0.15) is 30.9 Å². The summed E-state index contributed by atoms with van der Waals surface area (Å²) in [5.41, 5.74) is 6.17. The fourth-order valence-corrected chi connectivity index (χ4v) is 2.21. The lowest BCUT2D eigenvalue weighted by atomic mass is 9.77. The van der Waals surface area contributed by atoms with Gasteiger partial charge in [0, 0.05) is 10.6 Å². The molecule has 0 bridgehead atoms. The highest BCUT2D eigenvalue weighted by molar-refractivity contribution is 6.30. The normalized spacial score (nSPS) is 19.1. The topological polar surface area (TPSA) is 46.2 Å². The van der Waals surface area contributed by atoms with Gasteiger partial charge in [-0.1, -0.05) is 18.0 Å². The Morgan fingerprint density at radius 2 is 2.06 bits per heavy atom. The van der Waals surface area contributed by atoms with Crippen molar-refractivity contribution in [1.82, 2.24) is 0 Å². The van der Waals surface area contributed by atoms with Crippen LogP contribution in [0.25, 0.3) is 0 Å². The molecule has 2 atom stereocenters. The third-order valence-corrected chi connectivity index (χ3v) is 3.55. The van der Waals surface area contributed by atoms with Gasteiger partial charge in [-0.25, -0.2) is 4.39 Å². The lowest BCUT2D eigenvalue weighted by Gasteiger charge is -2.33. The minimum atomic E-state index is -0.691. The highest BCUT2D eigenvalue weighted by Crippen LogP contribution is 2.35. The molecule has 1 aromatic carbocycles. The molecule has 1 saturated carbocycles. The molecule has 1 aromatic rings. The molecule has 2 nitrogen and oxygen atoms in total. The molecule has 5 heteroatoms. The van der Waals surface area contributed by atoms with Crippen molar-refractivity contribution in [3.05, 3.63) is 34.6 Å². The van der Waals surface area contributed by atoms with Crippen molar-refractivity contribution in [1.29, 1.82) is 0 Å². The number of rotatable bonds is 3. The predicted molar refractivity (Wildman–Crippen MR) is 68.9 cm³/mol. The van der Waals surface area contributed by atoms with Crippen LogP contribution in [0.3, 0.4) is 0 Å². The fourth-order valence-electron chi connectivity index (χ4n) is 2.03. The zero-order valence-corrected chi connectivity index (χ0v) is 10.8. The van der Waals surface area contributed by atoms with Crippen LogP contribution in [-0.2, 0) is 0 Å². The first-order valence-corrected chi connectivity index (χ1v) is 5.86. The molecule has 3 N–H and O–H groups in total. The van der Waals surface area contributed by atoms with E-state index in [0.29, 0.717) is 10.6 Å². The number of aliphatic hydroxyl groups is 1. The van der Waals surface area contributed by atoms with E-state index in [1.54, 1.807) is 0 Å². The third kappa shape index (κ3) is 3.10. The molecule has 0 aromatic heterocycles. The summed E-state index contributed by atoms with van der Waals surface area (Å²) in [6.45, 7) is 0. The maximum Gasteiger partial charge on any atom is 0.128 e. The summed E-state index contributed by atoms with van der Waals surface area (Å²) in [7, 11) is 0. The number of nitrogens with two attached hydrogens (primary N) is 1. The van der Waals surface area contributed by atoms with E-state index in [-0.39, 0.29) is 18.3 Å². The summed E-state index contributed by atoms with van der Waals surface area (Å²) in [5.74, 6) is -0.205. The van der Waals surface area contributed by atoms with E-state index in [1.807, 2.05) is 0 Å². The molecule has 17 heavy (non-hydrogen) atoms. The monoisotopic (exact) mass is 279 g/mol. The summed E-state index contributed by atoms with van der Waals surface area (Å²) in [4.78, 5) is 0. The van der Waals surface area contributed by atoms with Crippen molar-refractivity contribution in [2.24, 2.45) is 11.7 Å². The van der Waals surface area contributed by atoms with E-state index in [9.17, 15) is 9.50 Å². The molecule has 1 aliphatic carbocycles. The number of halogens is 3. The van der Waals surface area contributed by atoms with Crippen LogP contribution in [0.4, 0.5) is 4.39 Å². The van der Waals surface area contributed by atoms with Crippen LogP contribution in [0.2, 0.25) is 5.02 Å². The summed E-state index contributed by atoms with van der Waals surface area (Å²) >= 11 is 5.79. The third-order valence-electron chi connectivity index (χ3n) is 3.32. The van der Waals surface area contributed by atoms with E-state index in [4.69, 9.17) is 17.3 Å². The molecule has 1 fully saturated rings. The molecular formula is C12H16Cl2FNO. The highest BCUT2D eigenvalue weighted by Gasteiger charge is 2.31. The lowest BCUT2D eigenvalue weighted by Crippen LogP contribution is -2.36. The second kappa shape index (κ2) is 6.01. The molecule has 1 aliphatic rings. The average Bonchev–Trinajstić information content (AvgIpc) is 2.18. The summed E-state index contributed by atoms with van der Waals surface area (Å²) in [6, 6.07) is 3.56. The van der Waals surface area contributed by atoms with Gasteiger partial charge in [-0.05, 0) is 37.0 Å². The molecule has 0 radical (unpaired) electrons. The van der Waals surface area contributed by atoms with Gasteiger partial charge in [-0.2, -0.15) is 0 Å². The Bertz CT molecular complexity index is 385. The average molecular weight is 280 g/mol. The zero-order chi connectivity index (χ0) is 11.7. The van der Waals surface area contributed by atoms with Gasteiger partial charge in [-0.3, -0.25) is 0 Å². The Kier molecular flexibility index (Phi) is 5.20. The van der Waals surface area contributed by atoms with E-state index < -0.39 is 18.0 Å². The molecule has 0 spiro atoms. The first kappa shape index (κ1) is 14.7. The maximum absolute atomic E-state index is 13.5. The highest BCUT2D eigenvalue weighted by atomic mass is 35.5.